The average Bonchev–Trinajstić information content (AvgIpc) is 3.44. The van der Waals surface area contributed by atoms with Gasteiger partial charge in [-0.3, -0.25) is 4.90 Å². The third-order valence-electron chi connectivity index (χ3n) is 8.96. The third-order valence-corrected chi connectivity index (χ3v) is 8.96. The maximum atomic E-state index is 5.79. The molecule has 3 heteroatoms. The van der Waals surface area contributed by atoms with E-state index in [1.165, 1.54) is 41.6 Å². The van der Waals surface area contributed by atoms with Crippen molar-refractivity contribution in [2.45, 2.75) is 69.1 Å². The Labute approximate surface area is 210 Å². The maximum Gasteiger partial charge on any atom is 0.123 e. The Hall–Kier alpha value is -2.62. The highest BCUT2D eigenvalue weighted by molar-refractivity contribution is 5.48. The van der Waals surface area contributed by atoms with Crippen LogP contribution in [0.5, 0.6) is 5.75 Å². The minimum absolute atomic E-state index is 0.119. The zero-order valence-electron chi connectivity index (χ0n) is 21.5. The molecule has 0 aromatic heterocycles. The Balaban J connectivity index is 1.37. The summed E-state index contributed by atoms with van der Waals surface area (Å²) in [6, 6.07) is 30.3. The molecule has 5 atom stereocenters. The summed E-state index contributed by atoms with van der Waals surface area (Å²) >= 11 is 0. The van der Waals surface area contributed by atoms with Gasteiger partial charge >= 0.3 is 0 Å². The Morgan fingerprint density at radius 1 is 0.971 bits per heavy atom. The molecule has 1 N–H and O–H groups in total. The smallest absolute Gasteiger partial charge is 0.123 e. The minimum Gasteiger partial charge on any atom is -0.496 e. The van der Waals surface area contributed by atoms with E-state index < -0.39 is 0 Å². The number of ether oxygens (including phenoxy) is 1. The van der Waals surface area contributed by atoms with Crippen molar-refractivity contribution in [1.82, 2.24) is 10.2 Å². The molecule has 3 saturated heterocycles. The van der Waals surface area contributed by atoms with Crippen LogP contribution in [-0.4, -0.2) is 36.2 Å². The van der Waals surface area contributed by atoms with E-state index in [4.69, 9.17) is 4.74 Å². The molecular formula is C32H38N2O. The van der Waals surface area contributed by atoms with Gasteiger partial charge in [-0.05, 0) is 53.5 Å². The number of nitrogens with zero attached hydrogens (tertiary/aromatic N) is 1. The fourth-order valence-electron chi connectivity index (χ4n) is 7.37. The standard InChI is InChI=1S/C32H38N2O/c1-31(2,3)26-15-16-27(35-4)25(19-26)21-33-30-24-17-18-34-28(20-24)32(30,34)29(22-11-7-5-8-12-22)23-13-9-6-10-14-23/h5-16,19,24,28-30,33H,17-18,20-21H2,1-4H3/t24?,28-,30+,32-,34?/m1/s1. The SMILES string of the molecule is COc1ccc(C(C)(C)C)cc1CN[C@H]1C2CCN3[C@H](C2)[C@@]13C(c1ccccc1)c1ccccc1. The maximum absolute atomic E-state index is 5.79. The lowest BCUT2D eigenvalue weighted by Gasteiger charge is -2.42. The van der Waals surface area contributed by atoms with E-state index in [9.17, 15) is 0 Å². The third kappa shape index (κ3) is 3.63. The van der Waals surface area contributed by atoms with Crippen LogP contribution in [0.2, 0.25) is 0 Å². The summed E-state index contributed by atoms with van der Waals surface area (Å²) in [5.74, 6) is 2.09. The van der Waals surface area contributed by atoms with Crippen LogP contribution >= 0.6 is 0 Å². The van der Waals surface area contributed by atoms with Crippen LogP contribution in [0.25, 0.3) is 0 Å². The second kappa shape index (κ2) is 8.50. The van der Waals surface area contributed by atoms with Gasteiger partial charge in [-0.25, -0.2) is 0 Å². The van der Waals surface area contributed by atoms with Gasteiger partial charge < -0.3 is 10.1 Å². The van der Waals surface area contributed by atoms with Crippen molar-refractivity contribution in [1.29, 1.82) is 0 Å². The molecule has 35 heavy (non-hydrogen) atoms. The summed E-state index contributed by atoms with van der Waals surface area (Å²) < 4.78 is 5.79. The van der Waals surface area contributed by atoms with Gasteiger partial charge in [-0.2, -0.15) is 0 Å². The molecule has 2 unspecified atom stereocenters. The van der Waals surface area contributed by atoms with E-state index in [-0.39, 0.29) is 11.0 Å². The molecule has 3 nitrogen and oxygen atoms in total. The van der Waals surface area contributed by atoms with Gasteiger partial charge in [0.2, 0.25) is 0 Å². The van der Waals surface area contributed by atoms with Gasteiger partial charge in [0, 0.05) is 30.1 Å². The monoisotopic (exact) mass is 466 g/mol. The zero-order chi connectivity index (χ0) is 24.2. The van der Waals surface area contributed by atoms with Crippen molar-refractivity contribution in [3.63, 3.8) is 0 Å². The average molecular weight is 467 g/mol. The predicted molar refractivity (Wildman–Crippen MR) is 143 cm³/mol. The molecule has 0 radical (unpaired) electrons. The van der Waals surface area contributed by atoms with Crippen LogP contribution in [0, 0.1) is 5.92 Å². The van der Waals surface area contributed by atoms with E-state index in [0.29, 0.717) is 18.0 Å². The van der Waals surface area contributed by atoms with Crippen LogP contribution in [0.15, 0.2) is 78.9 Å². The van der Waals surface area contributed by atoms with Crippen molar-refractivity contribution in [2.24, 2.45) is 5.92 Å². The Morgan fingerprint density at radius 2 is 1.63 bits per heavy atom. The van der Waals surface area contributed by atoms with Gasteiger partial charge in [-0.1, -0.05) is 93.6 Å². The van der Waals surface area contributed by atoms with Gasteiger partial charge in [0.15, 0.2) is 0 Å². The summed E-state index contributed by atoms with van der Waals surface area (Å²) in [4.78, 5) is 2.82. The molecule has 4 bridgehead atoms. The highest BCUT2D eigenvalue weighted by Crippen LogP contribution is 2.66. The largest absolute Gasteiger partial charge is 0.496 e. The van der Waals surface area contributed by atoms with Gasteiger partial charge in [-0.15, -0.1) is 0 Å². The lowest BCUT2D eigenvalue weighted by molar-refractivity contribution is 0.150. The van der Waals surface area contributed by atoms with Crippen LogP contribution in [0.3, 0.4) is 0 Å². The van der Waals surface area contributed by atoms with Crippen molar-refractivity contribution in [3.8, 4) is 5.75 Å². The summed E-state index contributed by atoms with van der Waals surface area (Å²) in [6.07, 6.45) is 2.61. The molecule has 0 amide bonds. The number of fused-ring (bicyclic) bond motifs is 1. The van der Waals surface area contributed by atoms with Crippen molar-refractivity contribution in [2.75, 3.05) is 13.7 Å². The highest BCUT2D eigenvalue weighted by Gasteiger charge is 2.77. The molecule has 4 aliphatic rings. The molecule has 3 heterocycles. The van der Waals surface area contributed by atoms with Crippen LogP contribution in [-0.2, 0) is 12.0 Å². The normalized spacial score (nSPS) is 28.8. The molecule has 182 valence electrons. The van der Waals surface area contributed by atoms with Gasteiger partial charge in [0.1, 0.15) is 5.75 Å². The summed E-state index contributed by atoms with van der Waals surface area (Å²) in [6.45, 7) is 8.91. The molecule has 0 spiro atoms. The van der Waals surface area contributed by atoms with Gasteiger partial charge in [0.25, 0.3) is 0 Å². The fourth-order valence-corrected chi connectivity index (χ4v) is 7.37. The second-order valence-electron chi connectivity index (χ2n) is 11.8. The van der Waals surface area contributed by atoms with E-state index in [0.717, 1.165) is 18.2 Å². The lowest BCUT2D eigenvalue weighted by Crippen LogP contribution is -2.53. The number of benzene rings is 3. The van der Waals surface area contributed by atoms with Crippen LogP contribution < -0.4 is 10.1 Å². The van der Waals surface area contributed by atoms with Crippen molar-refractivity contribution >= 4 is 0 Å². The summed E-state index contributed by atoms with van der Waals surface area (Å²) in [5.41, 5.74) is 5.77. The fraction of sp³-hybridized carbons (Fsp3) is 0.438. The first-order valence-electron chi connectivity index (χ1n) is 13.2. The van der Waals surface area contributed by atoms with Gasteiger partial charge in [0.05, 0.1) is 12.6 Å². The first kappa shape index (κ1) is 22.8. The molecule has 3 aromatic carbocycles. The van der Waals surface area contributed by atoms with Crippen LogP contribution in [0.4, 0.5) is 0 Å². The Morgan fingerprint density at radius 3 is 2.20 bits per heavy atom. The first-order valence-corrected chi connectivity index (χ1v) is 13.2. The number of methoxy groups -OCH3 is 1. The molecule has 3 aliphatic heterocycles. The number of hydrogen-bond donors (Lipinski definition) is 1. The highest BCUT2D eigenvalue weighted by atomic mass is 16.5. The quantitative estimate of drug-likeness (QED) is 0.424. The van der Waals surface area contributed by atoms with E-state index in [1.54, 1.807) is 7.11 Å². The van der Waals surface area contributed by atoms with Crippen molar-refractivity contribution < 1.29 is 4.74 Å². The van der Waals surface area contributed by atoms with Crippen LogP contribution in [0.1, 0.15) is 61.8 Å². The molecule has 7 rings (SSSR count). The molecular weight excluding hydrogens is 428 g/mol. The summed E-state index contributed by atoms with van der Waals surface area (Å²) in [7, 11) is 1.79. The Bertz CT molecular complexity index is 1140. The molecule has 1 aliphatic carbocycles. The first-order chi connectivity index (χ1) is 16.9. The second-order valence-corrected chi connectivity index (χ2v) is 11.8. The van der Waals surface area contributed by atoms with E-state index in [2.05, 4.69) is 110 Å². The number of hydrogen-bond acceptors (Lipinski definition) is 3. The minimum atomic E-state index is 0.119. The molecule has 4 fully saturated rings. The summed E-state index contributed by atoms with van der Waals surface area (Å²) in [5, 5.41) is 4.11. The zero-order valence-corrected chi connectivity index (χ0v) is 21.5. The number of nitrogens with one attached hydrogen (secondary N) is 1. The number of piperidine rings is 3. The Kier molecular flexibility index (Phi) is 5.54. The van der Waals surface area contributed by atoms with E-state index in [1.807, 2.05) is 0 Å². The van der Waals surface area contributed by atoms with E-state index >= 15 is 0 Å². The molecule has 1 saturated carbocycles. The van der Waals surface area contributed by atoms with Crippen molar-refractivity contribution in [3.05, 3.63) is 101 Å². The topological polar surface area (TPSA) is 24.3 Å². The number of rotatable bonds is 7. The lowest BCUT2D eigenvalue weighted by atomic mass is 9.73. The molecule has 3 aromatic rings. The predicted octanol–water partition coefficient (Wildman–Crippen LogP) is 6.13.